The third kappa shape index (κ3) is 4.77. The minimum absolute atomic E-state index is 0.0850. The molecule has 0 aliphatic carbocycles. The summed E-state index contributed by atoms with van der Waals surface area (Å²) in [4.78, 5) is 0.110. The van der Waals surface area contributed by atoms with Crippen molar-refractivity contribution >= 4 is 20.2 Å². The molecule has 1 saturated heterocycles. The molecule has 1 N–H and O–H groups in total. The zero-order valence-corrected chi connectivity index (χ0v) is 15.8. The summed E-state index contributed by atoms with van der Waals surface area (Å²) < 4.78 is 53.9. The van der Waals surface area contributed by atoms with Gasteiger partial charge in [0, 0.05) is 33.7 Å². The van der Waals surface area contributed by atoms with Crippen LogP contribution in [-0.2, 0) is 20.2 Å². The van der Waals surface area contributed by atoms with Gasteiger partial charge in [-0.05, 0) is 43.0 Å². The second-order valence-corrected chi connectivity index (χ2v) is 10.0. The van der Waals surface area contributed by atoms with Gasteiger partial charge in [0.2, 0.25) is 10.0 Å². The van der Waals surface area contributed by atoms with Crippen molar-refractivity contribution in [3.05, 3.63) is 29.8 Å². The molecule has 25 heavy (non-hydrogen) atoms. The smallest absolute Gasteiger partial charge is 0.211 e. The third-order valence-electron chi connectivity index (χ3n) is 4.22. The molecule has 0 unspecified atom stereocenters. The first kappa shape index (κ1) is 19.8. The molecule has 2 rings (SSSR count). The quantitative estimate of drug-likeness (QED) is 0.759. The summed E-state index contributed by atoms with van der Waals surface area (Å²) in [5, 5.41) is 8.75. The highest BCUT2D eigenvalue weighted by Crippen LogP contribution is 2.20. The molecule has 1 heterocycles. The van der Waals surface area contributed by atoms with Crippen molar-refractivity contribution < 1.29 is 16.8 Å². The summed E-state index contributed by atoms with van der Waals surface area (Å²) in [7, 11) is -4.07. The molecule has 0 spiro atoms. The Morgan fingerprint density at radius 1 is 1.16 bits per heavy atom. The Kier molecular flexibility index (Phi) is 6.18. The number of nitrogens with zero attached hydrogens (tertiary/aromatic N) is 3. The first-order valence-electron chi connectivity index (χ1n) is 7.84. The van der Waals surface area contributed by atoms with E-state index in [0.29, 0.717) is 31.5 Å². The van der Waals surface area contributed by atoms with E-state index in [-0.39, 0.29) is 17.4 Å². The fourth-order valence-corrected chi connectivity index (χ4v) is 4.84. The number of hydrogen-bond donors (Lipinski definition) is 1. The van der Waals surface area contributed by atoms with Crippen LogP contribution in [0.25, 0.3) is 0 Å². The van der Waals surface area contributed by atoms with Gasteiger partial charge < -0.3 is 0 Å². The number of rotatable bonds is 6. The highest BCUT2D eigenvalue weighted by molar-refractivity contribution is 7.89. The van der Waals surface area contributed by atoms with Crippen molar-refractivity contribution in [2.75, 3.05) is 33.7 Å². The first-order chi connectivity index (χ1) is 11.7. The van der Waals surface area contributed by atoms with Gasteiger partial charge in [0.05, 0.1) is 16.5 Å². The van der Waals surface area contributed by atoms with E-state index in [4.69, 9.17) is 5.26 Å². The van der Waals surface area contributed by atoms with E-state index in [9.17, 15) is 16.8 Å². The second-order valence-electron chi connectivity index (χ2n) is 6.12. The van der Waals surface area contributed by atoms with Crippen LogP contribution >= 0.6 is 0 Å². The molecule has 1 fully saturated rings. The van der Waals surface area contributed by atoms with Crippen LogP contribution in [0.15, 0.2) is 29.2 Å². The molecule has 0 amide bonds. The topological polar surface area (TPSA) is 111 Å². The van der Waals surface area contributed by atoms with Crippen molar-refractivity contribution in [1.82, 2.24) is 13.3 Å². The third-order valence-corrected chi connectivity index (χ3v) is 7.60. The maximum atomic E-state index is 12.3. The number of sulfonamides is 1. The monoisotopic (exact) mass is 386 g/mol. The van der Waals surface area contributed by atoms with Gasteiger partial charge in [-0.15, -0.1) is 0 Å². The summed E-state index contributed by atoms with van der Waals surface area (Å²) >= 11 is 0. The molecule has 1 aromatic rings. The minimum Gasteiger partial charge on any atom is -0.211 e. The van der Waals surface area contributed by atoms with Gasteiger partial charge >= 0.3 is 0 Å². The number of benzene rings is 1. The Morgan fingerprint density at radius 2 is 1.72 bits per heavy atom. The van der Waals surface area contributed by atoms with Crippen LogP contribution in [0.3, 0.4) is 0 Å². The fraction of sp³-hybridized carbons (Fsp3) is 0.533. The summed E-state index contributed by atoms with van der Waals surface area (Å²) in [6.45, 7) is 1.02. The Morgan fingerprint density at radius 3 is 2.20 bits per heavy atom. The van der Waals surface area contributed by atoms with Gasteiger partial charge in [-0.3, -0.25) is 0 Å². The van der Waals surface area contributed by atoms with Crippen LogP contribution in [0.4, 0.5) is 0 Å². The summed E-state index contributed by atoms with van der Waals surface area (Å²) in [5.74, 6) is 0.0850. The molecule has 138 valence electrons. The largest absolute Gasteiger partial charge is 0.281 e. The van der Waals surface area contributed by atoms with Gasteiger partial charge in [-0.1, -0.05) is 0 Å². The summed E-state index contributed by atoms with van der Waals surface area (Å²) in [6, 6.07) is 7.65. The van der Waals surface area contributed by atoms with E-state index in [1.807, 2.05) is 6.07 Å². The van der Waals surface area contributed by atoms with Crippen LogP contribution < -0.4 is 4.72 Å². The lowest BCUT2D eigenvalue weighted by Crippen LogP contribution is -2.45. The fourth-order valence-electron chi connectivity index (χ4n) is 2.59. The Labute approximate surface area is 149 Å². The predicted molar refractivity (Wildman–Crippen MR) is 93.2 cm³/mol. The molecule has 8 nitrogen and oxygen atoms in total. The normalized spacial score (nSPS) is 17.5. The second kappa shape index (κ2) is 7.80. The van der Waals surface area contributed by atoms with Crippen molar-refractivity contribution in [1.29, 1.82) is 5.26 Å². The molecule has 0 aromatic heterocycles. The molecule has 0 atom stereocenters. The average molecular weight is 386 g/mol. The minimum atomic E-state index is -3.64. The SMILES string of the molecule is CN(C)S(=O)(=O)N1CCC(CNS(=O)(=O)c2ccc(C#N)cc2)CC1. The average Bonchev–Trinajstić information content (AvgIpc) is 2.60. The lowest BCUT2D eigenvalue weighted by molar-refractivity contribution is 0.263. The standard InChI is InChI=1S/C15H22N4O4S2/c1-18(2)25(22,23)19-9-7-14(8-10-19)12-17-24(20,21)15-5-3-13(11-16)4-6-15/h3-6,14,17H,7-10,12H2,1-2H3. The molecule has 1 aliphatic heterocycles. The molecular formula is C15H22N4O4S2. The van der Waals surface area contributed by atoms with Gasteiger partial charge in [0.1, 0.15) is 0 Å². The van der Waals surface area contributed by atoms with E-state index in [0.717, 1.165) is 0 Å². The number of piperidine rings is 1. The lowest BCUT2D eigenvalue weighted by atomic mass is 9.99. The molecule has 0 saturated carbocycles. The van der Waals surface area contributed by atoms with Crippen molar-refractivity contribution in [3.8, 4) is 6.07 Å². The number of hydrogen-bond acceptors (Lipinski definition) is 5. The van der Waals surface area contributed by atoms with Gasteiger partial charge in [0.15, 0.2) is 0 Å². The maximum Gasteiger partial charge on any atom is 0.281 e. The molecule has 1 aliphatic rings. The zero-order valence-electron chi connectivity index (χ0n) is 14.2. The van der Waals surface area contributed by atoms with Crippen LogP contribution in [0.5, 0.6) is 0 Å². The Bertz CT molecular complexity index is 835. The molecular weight excluding hydrogens is 364 g/mol. The summed E-state index contributed by atoms with van der Waals surface area (Å²) in [5.41, 5.74) is 0.397. The van der Waals surface area contributed by atoms with E-state index in [2.05, 4.69) is 4.72 Å². The highest BCUT2D eigenvalue weighted by atomic mass is 32.2. The molecule has 1 aromatic carbocycles. The maximum absolute atomic E-state index is 12.3. The van der Waals surface area contributed by atoms with Crippen LogP contribution in [-0.4, -0.2) is 59.2 Å². The highest BCUT2D eigenvalue weighted by Gasteiger charge is 2.30. The molecule has 10 heteroatoms. The van der Waals surface area contributed by atoms with Gasteiger partial charge in [-0.25, -0.2) is 13.1 Å². The van der Waals surface area contributed by atoms with E-state index in [1.165, 1.54) is 47.0 Å². The first-order valence-corrected chi connectivity index (χ1v) is 10.7. The van der Waals surface area contributed by atoms with Crippen LogP contribution in [0.1, 0.15) is 18.4 Å². The van der Waals surface area contributed by atoms with E-state index >= 15 is 0 Å². The van der Waals surface area contributed by atoms with Gasteiger partial charge in [0.25, 0.3) is 10.2 Å². The van der Waals surface area contributed by atoms with Crippen molar-refractivity contribution in [2.24, 2.45) is 5.92 Å². The van der Waals surface area contributed by atoms with Crippen molar-refractivity contribution in [3.63, 3.8) is 0 Å². The van der Waals surface area contributed by atoms with E-state index in [1.54, 1.807) is 0 Å². The summed E-state index contributed by atoms with van der Waals surface area (Å²) in [6.07, 6.45) is 1.20. The van der Waals surface area contributed by atoms with Crippen molar-refractivity contribution in [2.45, 2.75) is 17.7 Å². The molecule has 0 radical (unpaired) electrons. The lowest BCUT2D eigenvalue weighted by Gasteiger charge is -2.32. The predicted octanol–water partition coefficient (Wildman–Crippen LogP) is 0.355. The van der Waals surface area contributed by atoms with Crippen LogP contribution in [0.2, 0.25) is 0 Å². The number of nitrogens with one attached hydrogen (secondary N) is 1. The van der Waals surface area contributed by atoms with Crippen LogP contribution in [0, 0.1) is 17.2 Å². The molecule has 0 bridgehead atoms. The zero-order chi connectivity index (χ0) is 18.7. The van der Waals surface area contributed by atoms with Gasteiger partial charge in [-0.2, -0.15) is 22.3 Å². The van der Waals surface area contributed by atoms with E-state index < -0.39 is 20.2 Å². The Hall–Kier alpha value is -1.51. The Balaban J connectivity index is 1.91. The number of nitriles is 1.